The zero-order valence-corrected chi connectivity index (χ0v) is 12.3. The predicted octanol–water partition coefficient (Wildman–Crippen LogP) is 2.89. The zero-order chi connectivity index (χ0) is 15.4. The van der Waals surface area contributed by atoms with Crippen LogP contribution in [0.15, 0.2) is 48.8 Å². The topological polar surface area (TPSA) is 67.0 Å². The Balaban J connectivity index is 1.75. The van der Waals surface area contributed by atoms with E-state index in [1.54, 1.807) is 12.4 Å². The standard InChI is InChI=1S/C17H17N3O2/c1-2-22-17-12(6-5-9-18-17)10-20-16(21)14-11-19-15-8-4-3-7-13(14)15/h3-9,11,19H,2,10H2,1H3,(H,20,21). The summed E-state index contributed by atoms with van der Waals surface area (Å²) in [5, 5.41) is 3.83. The fraction of sp³-hybridized carbons (Fsp3) is 0.176. The average Bonchev–Trinajstić information content (AvgIpc) is 2.98. The third-order valence-corrected chi connectivity index (χ3v) is 3.40. The third kappa shape index (κ3) is 2.79. The van der Waals surface area contributed by atoms with Crippen LogP contribution in [0.2, 0.25) is 0 Å². The summed E-state index contributed by atoms with van der Waals surface area (Å²) in [5.74, 6) is 0.438. The zero-order valence-electron chi connectivity index (χ0n) is 12.3. The van der Waals surface area contributed by atoms with Gasteiger partial charge < -0.3 is 15.0 Å². The summed E-state index contributed by atoms with van der Waals surface area (Å²) in [5.41, 5.74) is 2.44. The van der Waals surface area contributed by atoms with Gasteiger partial charge in [0, 0.05) is 35.4 Å². The second-order valence-corrected chi connectivity index (χ2v) is 4.83. The molecular formula is C17H17N3O2. The van der Waals surface area contributed by atoms with Gasteiger partial charge in [-0.3, -0.25) is 4.79 Å². The van der Waals surface area contributed by atoms with E-state index in [4.69, 9.17) is 4.74 Å². The first-order valence-electron chi connectivity index (χ1n) is 7.20. The van der Waals surface area contributed by atoms with E-state index in [1.165, 1.54) is 0 Å². The van der Waals surface area contributed by atoms with Gasteiger partial charge in [-0.15, -0.1) is 0 Å². The fourth-order valence-electron chi connectivity index (χ4n) is 2.36. The first-order chi connectivity index (χ1) is 10.8. The normalized spacial score (nSPS) is 10.6. The summed E-state index contributed by atoms with van der Waals surface area (Å²) in [6, 6.07) is 11.5. The Morgan fingerprint density at radius 3 is 3.00 bits per heavy atom. The number of para-hydroxylation sites is 1. The maximum atomic E-state index is 12.4. The van der Waals surface area contributed by atoms with Gasteiger partial charge in [0.05, 0.1) is 12.2 Å². The van der Waals surface area contributed by atoms with Crippen LogP contribution in [-0.2, 0) is 6.54 Å². The highest BCUT2D eigenvalue weighted by molar-refractivity contribution is 6.06. The number of nitrogens with zero attached hydrogens (tertiary/aromatic N) is 1. The number of nitrogens with one attached hydrogen (secondary N) is 2. The highest BCUT2D eigenvalue weighted by Gasteiger charge is 2.12. The first-order valence-corrected chi connectivity index (χ1v) is 7.20. The molecule has 2 N–H and O–H groups in total. The van der Waals surface area contributed by atoms with E-state index < -0.39 is 0 Å². The van der Waals surface area contributed by atoms with Gasteiger partial charge in [0.2, 0.25) is 5.88 Å². The number of fused-ring (bicyclic) bond motifs is 1. The van der Waals surface area contributed by atoms with Crippen LogP contribution in [0.4, 0.5) is 0 Å². The van der Waals surface area contributed by atoms with Gasteiger partial charge >= 0.3 is 0 Å². The van der Waals surface area contributed by atoms with Gasteiger partial charge in [-0.05, 0) is 19.1 Å². The Bertz CT molecular complexity index is 795. The van der Waals surface area contributed by atoms with Crippen LogP contribution in [0.3, 0.4) is 0 Å². The van der Waals surface area contributed by atoms with Crippen molar-refractivity contribution in [2.75, 3.05) is 6.61 Å². The van der Waals surface area contributed by atoms with Crippen molar-refractivity contribution in [3.63, 3.8) is 0 Å². The number of carbonyl (C=O) groups excluding carboxylic acids is 1. The second-order valence-electron chi connectivity index (χ2n) is 4.83. The van der Waals surface area contributed by atoms with E-state index >= 15 is 0 Å². The van der Waals surface area contributed by atoms with Crippen molar-refractivity contribution >= 4 is 16.8 Å². The molecule has 2 heterocycles. The van der Waals surface area contributed by atoms with Gasteiger partial charge in [-0.1, -0.05) is 24.3 Å². The minimum atomic E-state index is -0.122. The summed E-state index contributed by atoms with van der Waals surface area (Å²) in [4.78, 5) is 19.7. The summed E-state index contributed by atoms with van der Waals surface area (Å²) < 4.78 is 5.46. The lowest BCUT2D eigenvalue weighted by Crippen LogP contribution is -2.23. The number of aromatic nitrogens is 2. The minimum Gasteiger partial charge on any atom is -0.478 e. The largest absolute Gasteiger partial charge is 0.478 e. The van der Waals surface area contributed by atoms with Crippen molar-refractivity contribution in [2.24, 2.45) is 0 Å². The van der Waals surface area contributed by atoms with Crippen LogP contribution >= 0.6 is 0 Å². The molecule has 3 aromatic rings. The maximum absolute atomic E-state index is 12.4. The van der Waals surface area contributed by atoms with E-state index in [0.717, 1.165) is 16.5 Å². The summed E-state index contributed by atoms with van der Waals surface area (Å²) in [6.07, 6.45) is 3.41. The molecule has 1 amide bonds. The Morgan fingerprint density at radius 2 is 2.14 bits per heavy atom. The molecule has 3 rings (SSSR count). The molecule has 0 radical (unpaired) electrons. The minimum absolute atomic E-state index is 0.122. The van der Waals surface area contributed by atoms with E-state index in [9.17, 15) is 4.79 Å². The quantitative estimate of drug-likeness (QED) is 0.760. The maximum Gasteiger partial charge on any atom is 0.253 e. The molecule has 0 aliphatic rings. The third-order valence-electron chi connectivity index (χ3n) is 3.40. The Labute approximate surface area is 128 Å². The molecular weight excluding hydrogens is 278 g/mol. The number of pyridine rings is 1. The predicted molar refractivity (Wildman–Crippen MR) is 84.9 cm³/mol. The summed E-state index contributed by atoms with van der Waals surface area (Å²) in [7, 11) is 0. The monoisotopic (exact) mass is 295 g/mol. The molecule has 0 aliphatic heterocycles. The first kappa shape index (κ1) is 14.1. The van der Waals surface area contributed by atoms with E-state index in [2.05, 4.69) is 15.3 Å². The molecule has 0 aliphatic carbocycles. The Hall–Kier alpha value is -2.82. The molecule has 0 fully saturated rings. The van der Waals surface area contributed by atoms with E-state index in [0.29, 0.717) is 24.6 Å². The van der Waals surface area contributed by atoms with Gasteiger partial charge in [0.1, 0.15) is 0 Å². The fourth-order valence-corrected chi connectivity index (χ4v) is 2.36. The summed E-state index contributed by atoms with van der Waals surface area (Å²) >= 11 is 0. The number of ether oxygens (including phenoxy) is 1. The number of carbonyl (C=O) groups is 1. The number of hydrogen-bond donors (Lipinski definition) is 2. The Kier molecular flexibility index (Phi) is 4.05. The number of hydrogen-bond acceptors (Lipinski definition) is 3. The number of amides is 1. The molecule has 2 aromatic heterocycles. The van der Waals surface area contributed by atoms with Crippen molar-refractivity contribution in [3.8, 4) is 5.88 Å². The van der Waals surface area contributed by atoms with Crippen LogP contribution in [0.1, 0.15) is 22.8 Å². The van der Waals surface area contributed by atoms with E-state index in [1.807, 2.05) is 43.3 Å². The molecule has 0 bridgehead atoms. The van der Waals surface area contributed by atoms with Crippen LogP contribution in [0, 0.1) is 0 Å². The molecule has 5 heteroatoms. The highest BCUT2D eigenvalue weighted by atomic mass is 16.5. The van der Waals surface area contributed by atoms with Gasteiger partial charge in [0.25, 0.3) is 5.91 Å². The Morgan fingerprint density at radius 1 is 1.27 bits per heavy atom. The van der Waals surface area contributed by atoms with Gasteiger partial charge in [-0.2, -0.15) is 0 Å². The number of H-pyrrole nitrogens is 1. The second kappa shape index (κ2) is 6.30. The molecule has 0 atom stereocenters. The molecule has 22 heavy (non-hydrogen) atoms. The number of aromatic amines is 1. The molecule has 5 nitrogen and oxygen atoms in total. The molecule has 0 saturated heterocycles. The van der Waals surface area contributed by atoms with Crippen molar-refractivity contribution in [1.82, 2.24) is 15.3 Å². The van der Waals surface area contributed by atoms with Crippen LogP contribution < -0.4 is 10.1 Å². The lowest BCUT2D eigenvalue weighted by Gasteiger charge is -2.09. The van der Waals surface area contributed by atoms with Crippen molar-refractivity contribution in [3.05, 3.63) is 59.9 Å². The van der Waals surface area contributed by atoms with Gasteiger partial charge in [-0.25, -0.2) is 4.98 Å². The average molecular weight is 295 g/mol. The molecule has 0 spiro atoms. The summed E-state index contributed by atoms with van der Waals surface area (Å²) in [6.45, 7) is 2.82. The SMILES string of the molecule is CCOc1ncccc1CNC(=O)c1c[nH]c2ccccc12. The lowest BCUT2D eigenvalue weighted by atomic mass is 10.1. The van der Waals surface area contributed by atoms with Crippen molar-refractivity contribution in [1.29, 1.82) is 0 Å². The van der Waals surface area contributed by atoms with Crippen molar-refractivity contribution < 1.29 is 9.53 Å². The van der Waals surface area contributed by atoms with E-state index in [-0.39, 0.29) is 5.91 Å². The number of benzene rings is 1. The molecule has 112 valence electrons. The van der Waals surface area contributed by atoms with Crippen LogP contribution in [0.5, 0.6) is 5.88 Å². The molecule has 0 saturated carbocycles. The van der Waals surface area contributed by atoms with Crippen molar-refractivity contribution in [2.45, 2.75) is 13.5 Å². The molecule has 0 unspecified atom stereocenters. The van der Waals surface area contributed by atoms with Crippen LogP contribution in [0.25, 0.3) is 10.9 Å². The van der Waals surface area contributed by atoms with Crippen LogP contribution in [-0.4, -0.2) is 22.5 Å². The lowest BCUT2D eigenvalue weighted by molar-refractivity contribution is 0.0952. The van der Waals surface area contributed by atoms with Gasteiger partial charge in [0.15, 0.2) is 0 Å². The molecule has 1 aromatic carbocycles. The smallest absolute Gasteiger partial charge is 0.253 e. The highest BCUT2D eigenvalue weighted by Crippen LogP contribution is 2.18. The number of rotatable bonds is 5.